The Morgan fingerprint density at radius 1 is 1.50 bits per heavy atom. The lowest BCUT2D eigenvalue weighted by molar-refractivity contribution is 0.821. The zero-order valence-corrected chi connectivity index (χ0v) is 8.46. The highest BCUT2D eigenvalue weighted by atomic mass is 15.0. The first-order chi connectivity index (χ1) is 6.79. The van der Waals surface area contributed by atoms with Crippen molar-refractivity contribution in [3.05, 3.63) is 23.4 Å². The highest BCUT2D eigenvalue weighted by Gasteiger charge is 2.04. The number of nitriles is 1. The summed E-state index contributed by atoms with van der Waals surface area (Å²) in [6.07, 6.45) is 1.71. The molecule has 74 valence electrons. The second-order valence-electron chi connectivity index (χ2n) is 2.99. The number of hydrogen-bond donors (Lipinski definition) is 2. The average molecular weight is 190 g/mol. The molecule has 0 bridgehead atoms. The van der Waals surface area contributed by atoms with E-state index in [1.165, 1.54) is 0 Å². The van der Waals surface area contributed by atoms with Crippen LogP contribution in [0.4, 0.5) is 5.82 Å². The average Bonchev–Trinajstić information content (AvgIpc) is 2.18. The molecule has 0 aromatic carbocycles. The van der Waals surface area contributed by atoms with E-state index in [0.29, 0.717) is 11.4 Å². The van der Waals surface area contributed by atoms with Crippen LogP contribution in [-0.4, -0.2) is 25.1 Å². The van der Waals surface area contributed by atoms with E-state index in [4.69, 9.17) is 5.26 Å². The van der Waals surface area contributed by atoms with Crippen LogP contribution in [-0.2, 0) is 0 Å². The van der Waals surface area contributed by atoms with Gasteiger partial charge in [-0.3, -0.25) is 0 Å². The maximum Gasteiger partial charge on any atom is 0.144 e. The fraction of sp³-hybridized carbons (Fsp3) is 0.400. The molecule has 1 rings (SSSR count). The molecule has 0 aliphatic heterocycles. The number of likely N-dealkylation sites (N-methyl/N-ethyl adjacent to an activating group) is 1. The quantitative estimate of drug-likeness (QED) is 0.692. The number of rotatable bonds is 4. The van der Waals surface area contributed by atoms with Gasteiger partial charge in [0.25, 0.3) is 0 Å². The highest BCUT2D eigenvalue weighted by molar-refractivity contribution is 5.55. The maximum absolute atomic E-state index is 8.91. The smallest absolute Gasteiger partial charge is 0.144 e. The number of nitrogens with zero attached hydrogens (tertiary/aromatic N) is 2. The van der Waals surface area contributed by atoms with Crippen molar-refractivity contribution in [3.63, 3.8) is 0 Å². The monoisotopic (exact) mass is 190 g/mol. The van der Waals surface area contributed by atoms with E-state index >= 15 is 0 Å². The molecular weight excluding hydrogens is 176 g/mol. The first-order valence-electron chi connectivity index (χ1n) is 4.53. The van der Waals surface area contributed by atoms with Gasteiger partial charge in [0.15, 0.2) is 0 Å². The van der Waals surface area contributed by atoms with Gasteiger partial charge >= 0.3 is 0 Å². The van der Waals surface area contributed by atoms with Crippen molar-refractivity contribution in [2.24, 2.45) is 0 Å². The Labute approximate surface area is 84.0 Å². The third-order valence-corrected chi connectivity index (χ3v) is 1.94. The minimum atomic E-state index is 0.628. The number of hydrogen-bond acceptors (Lipinski definition) is 4. The van der Waals surface area contributed by atoms with Crippen LogP contribution in [0.5, 0.6) is 0 Å². The van der Waals surface area contributed by atoms with Crippen LogP contribution in [0.15, 0.2) is 12.3 Å². The van der Waals surface area contributed by atoms with Gasteiger partial charge in [-0.1, -0.05) is 0 Å². The van der Waals surface area contributed by atoms with Gasteiger partial charge in [0.2, 0.25) is 0 Å². The van der Waals surface area contributed by atoms with E-state index < -0.39 is 0 Å². The third kappa shape index (κ3) is 2.44. The van der Waals surface area contributed by atoms with E-state index in [1.54, 1.807) is 6.20 Å². The summed E-state index contributed by atoms with van der Waals surface area (Å²) in [7, 11) is 1.89. The number of pyridine rings is 1. The molecule has 4 nitrogen and oxygen atoms in total. The molecule has 2 N–H and O–H groups in total. The molecule has 0 spiro atoms. The summed E-state index contributed by atoms with van der Waals surface area (Å²) in [6.45, 7) is 3.52. The summed E-state index contributed by atoms with van der Waals surface area (Å²) >= 11 is 0. The molecule has 1 aromatic rings. The van der Waals surface area contributed by atoms with E-state index in [0.717, 1.165) is 18.7 Å². The van der Waals surface area contributed by atoms with E-state index in [9.17, 15) is 0 Å². The normalized spacial score (nSPS) is 9.50. The molecule has 0 radical (unpaired) electrons. The Morgan fingerprint density at radius 3 is 2.93 bits per heavy atom. The van der Waals surface area contributed by atoms with Crippen molar-refractivity contribution >= 4 is 5.82 Å². The zero-order chi connectivity index (χ0) is 10.4. The topological polar surface area (TPSA) is 60.7 Å². The molecule has 0 fully saturated rings. The largest absolute Gasteiger partial charge is 0.368 e. The van der Waals surface area contributed by atoms with Crippen LogP contribution in [0.2, 0.25) is 0 Å². The fourth-order valence-electron chi connectivity index (χ4n) is 1.14. The van der Waals surface area contributed by atoms with Gasteiger partial charge in [-0.05, 0) is 25.6 Å². The van der Waals surface area contributed by atoms with E-state index in [-0.39, 0.29) is 0 Å². The Bertz CT molecular complexity index is 340. The van der Waals surface area contributed by atoms with Crippen molar-refractivity contribution in [3.8, 4) is 6.07 Å². The van der Waals surface area contributed by atoms with E-state index in [1.807, 2.05) is 20.0 Å². The molecule has 4 heteroatoms. The summed E-state index contributed by atoms with van der Waals surface area (Å²) in [5.41, 5.74) is 1.58. The van der Waals surface area contributed by atoms with Crippen LogP contribution in [0.3, 0.4) is 0 Å². The predicted octanol–water partition coefficient (Wildman–Crippen LogP) is 0.893. The van der Waals surface area contributed by atoms with Crippen molar-refractivity contribution in [1.29, 1.82) is 5.26 Å². The fourth-order valence-corrected chi connectivity index (χ4v) is 1.14. The lowest BCUT2D eigenvalue weighted by atomic mass is 10.1. The molecule has 1 aromatic heterocycles. The molecule has 0 aliphatic carbocycles. The summed E-state index contributed by atoms with van der Waals surface area (Å²) in [6, 6.07) is 3.98. The van der Waals surface area contributed by atoms with E-state index in [2.05, 4.69) is 21.7 Å². The van der Waals surface area contributed by atoms with Crippen molar-refractivity contribution < 1.29 is 0 Å². The van der Waals surface area contributed by atoms with Crippen LogP contribution >= 0.6 is 0 Å². The summed E-state index contributed by atoms with van der Waals surface area (Å²) in [5.74, 6) is 0.669. The van der Waals surface area contributed by atoms with Crippen LogP contribution in [0.1, 0.15) is 11.1 Å². The standard InChI is InChI=1S/C10H14N4/c1-8-3-4-13-10(9(8)7-11)14-6-5-12-2/h3-4,12H,5-6H2,1-2H3,(H,13,14). The second kappa shape index (κ2) is 5.20. The van der Waals surface area contributed by atoms with Gasteiger partial charge in [0.05, 0.1) is 5.56 Å². The van der Waals surface area contributed by atoms with Gasteiger partial charge in [0, 0.05) is 19.3 Å². The number of anilines is 1. The van der Waals surface area contributed by atoms with Gasteiger partial charge in [-0.15, -0.1) is 0 Å². The van der Waals surface area contributed by atoms with Crippen molar-refractivity contribution in [1.82, 2.24) is 10.3 Å². The first kappa shape index (κ1) is 10.5. The van der Waals surface area contributed by atoms with Crippen molar-refractivity contribution in [2.75, 3.05) is 25.5 Å². The molecule has 0 saturated carbocycles. The maximum atomic E-state index is 8.91. The predicted molar refractivity (Wildman–Crippen MR) is 56.1 cm³/mol. The molecule has 1 heterocycles. The van der Waals surface area contributed by atoms with Crippen LogP contribution < -0.4 is 10.6 Å². The summed E-state index contributed by atoms with van der Waals surface area (Å²) in [4.78, 5) is 4.12. The van der Waals surface area contributed by atoms with Crippen molar-refractivity contribution in [2.45, 2.75) is 6.92 Å². The first-order valence-corrected chi connectivity index (χ1v) is 4.53. The summed E-state index contributed by atoms with van der Waals surface area (Å²) in [5, 5.41) is 15.0. The SMILES string of the molecule is CNCCNc1nccc(C)c1C#N. The van der Waals surface area contributed by atoms with Gasteiger partial charge < -0.3 is 10.6 Å². The molecule has 0 atom stereocenters. The highest BCUT2D eigenvalue weighted by Crippen LogP contribution is 2.14. The Kier molecular flexibility index (Phi) is 3.89. The molecule has 0 unspecified atom stereocenters. The number of aromatic nitrogens is 1. The Morgan fingerprint density at radius 2 is 2.29 bits per heavy atom. The van der Waals surface area contributed by atoms with Gasteiger partial charge in [-0.25, -0.2) is 4.98 Å². The minimum absolute atomic E-state index is 0.628. The second-order valence-corrected chi connectivity index (χ2v) is 2.99. The van der Waals surface area contributed by atoms with Crippen LogP contribution in [0, 0.1) is 18.3 Å². The molecular formula is C10H14N4. The molecule has 0 amide bonds. The van der Waals surface area contributed by atoms with Gasteiger partial charge in [0.1, 0.15) is 11.9 Å². The molecule has 0 saturated heterocycles. The molecule has 14 heavy (non-hydrogen) atoms. The van der Waals surface area contributed by atoms with Crippen LogP contribution in [0.25, 0.3) is 0 Å². The number of nitrogens with one attached hydrogen (secondary N) is 2. The third-order valence-electron chi connectivity index (χ3n) is 1.94. The summed E-state index contributed by atoms with van der Waals surface area (Å²) < 4.78 is 0. The minimum Gasteiger partial charge on any atom is -0.368 e. The molecule has 0 aliphatic rings. The zero-order valence-electron chi connectivity index (χ0n) is 8.46. The van der Waals surface area contributed by atoms with Gasteiger partial charge in [-0.2, -0.15) is 5.26 Å². The Balaban J connectivity index is 2.76. The Hall–Kier alpha value is -1.60. The number of aryl methyl sites for hydroxylation is 1. The lowest BCUT2D eigenvalue weighted by Gasteiger charge is -2.07. The lowest BCUT2D eigenvalue weighted by Crippen LogP contribution is -2.18.